The second kappa shape index (κ2) is 11.0. The average molecular weight is 614 g/mol. The van der Waals surface area contributed by atoms with Crippen LogP contribution in [-0.4, -0.2) is 46.3 Å². The molecule has 8 nitrogen and oxygen atoms in total. The second-order valence-corrected chi connectivity index (χ2v) is 11.7. The highest BCUT2D eigenvalue weighted by Crippen LogP contribution is 2.36. The van der Waals surface area contributed by atoms with Gasteiger partial charge in [-0.25, -0.2) is 35.4 Å². The van der Waals surface area contributed by atoms with Gasteiger partial charge in [0, 0.05) is 30.5 Å². The predicted octanol–water partition coefficient (Wildman–Crippen LogP) is 5.76. The van der Waals surface area contributed by atoms with Crippen LogP contribution in [0.2, 0.25) is 5.02 Å². The summed E-state index contributed by atoms with van der Waals surface area (Å²) in [5.41, 5.74) is 1.60. The summed E-state index contributed by atoms with van der Waals surface area (Å²) in [6.45, 7) is 1.02. The van der Waals surface area contributed by atoms with Gasteiger partial charge in [0.15, 0.2) is 28.2 Å². The minimum atomic E-state index is -5.20. The Kier molecular flexibility index (Phi) is 7.74. The van der Waals surface area contributed by atoms with Gasteiger partial charge in [0.05, 0.1) is 22.1 Å². The third kappa shape index (κ3) is 5.15. The highest BCUT2D eigenvalue weighted by molar-refractivity contribution is 7.89. The Morgan fingerprint density at radius 3 is 2.39 bits per heavy atom. The standard InChI is InChI=1S/C26H21ClF5N5O3S/c1-13-11-14(8-9-33-13)25(38)35-26-34-17-7-4-6-16(27)23(17)37(26)15-5-2-3-10-36(12-15)41(39,40)24-21(31)19(29)18(28)20(30)22(24)32/h4,6-9,11,15H,2-3,5,10,12H2,1H3,(H,34,35,38)/t15-/m1/s1. The number of hydrogen-bond acceptors (Lipinski definition) is 5. The molecule has 0 unspecified atom stereocenters. The number of halogens is 6. The SMILES string of the molecule is Cc1cc(C(=O)Nc2nc3cccc(Cl)c3n2[C@@H]2CCCCN(S(=O)(=O)c3c(F)c(F)c(F)c(F)c3F)C2)ccn1. The number of aromatic nitrogens is 3. The van der Waals surface area contributed by atoms with Crippen LogP contribution in [0.1, 0.15) is 41.4 Å². The summed E-state index contributed by atoms with van der Waals surface area (Å²) in [7, 11) is -5.20. The molecule has 0 saturated carbocycles. The molecule has 15 heteroatoms. The Labute approximate surface area is 235 Å². The van der Waals surface area contributed by atoms with Crippen LogP contribution in [0.25, 0.3) is 11.0 Å². The Balaban J connectivity index is 1.59. The van der Waals surface area contributed by atoms with Gasteiger partial charge in [0.1, 0.15) is 0 Å². The second-order valence-electron chi connectivity index (χ2n) is 9.46. The number of pyridine rings is 1. The molecule has 1 N–H and O–H groups in total. The number of fused-ring (bicyclic) bond motifs is 1. The lowest BCUT2D eigenvalue weighted by atomic mass is 10.1. The van der Waals surface area contributed by atoms with E-state index in [9.17, 15) is 35.2 Å². The smallest absolute Gasteiger partial charge is 0.258 e. The van der Waals surface area contributed by atoms with E-state index in [1.165, 1.54) is 16.8 Å². The highest BCUT2D eigenvalue weighted by Gasteiger charge is 2.39. The summed E-state index contributed by atoms with van der Waals surface area (Å²) >= 11 is 6.49. The van der Waals surface area contributed by atoms with Gasteiger partial charge in [-0.1, -0.05) is 24.1 Å². The number of nitrogens with zero attached hydrogens (tertiary/aromatic N) is 4. The maximum atomic E-state index is 14.6. The number of hydrogen-bond donors (Lipinski definition) is 1. The molecule has 216 valence electrons. The van der Waals surface area contributed by atoms with Crippen molar-refractivity contribution in [1.82, 2.24) is 18.8 Å². The topological polar surface area (TPSA) is 97.2 Å². The molecule has 0 bridgehead atoms. The van der Waals surface area contributed by atoms with E-state index in [-0.39, 0.29) is 29.5 Å². The maximum Gasteiger partial charge on any atom is 0.258 e. The van der Waals surface area contributed by atoms with Crippen molar-refractivity contribution >= 4 is 44.5 Å². The maximum absolute atomic E-state index is 14.6. The van der Waals surface area contributed by atoms with Crippen molar-refractivity contribution < 1.29 is 35.2 Å². The summed E-state index contributed by atoms with van der Waals surface area (Å²) in [5.74, 6) is -12.6. The first kappa shape index (κ1) is 28.9. The third-order valence-corrected chi connectivity index (χ3v) is 8.98. The molecular formula is C26H21ClF5N5O3S. The molecular weight excluding hydrogens is 593 g/mol. The van der Waals surface area contributed by atoms with E-state index < -0.39 is 62.5 Å². The number of para-hydroxylation sites is 1. The van der Waals surface area contributed by atoms with Crippen LogP contribution in [0, 0.1) is 36.0 Å². The lowest BCUT2D eigenvalue weighted by molar-refractivity contribution is 0.102. The Morgan fingerprint density at radius 2 is 1.71 bits per heavy atom. The van der Waals surface area contributed by atoms with Crippen LogP contribution >= 0.6 is 11.6 Å². The Hall–Kier alpha value is -3.62. The highest BCUT2D eigenvalue weighted by atomic mass is 35.5. The van der Waals surface area contributed by atoms with E-state index in [0.29, 0.717) is 33.9 Å². The van der Waals surface area contributed by atoms with Gasteiger partial charge < -0.3 is 4.57 Å². The molecule has 0 aliphatic carbocycles. The summed E-state index contributed by atoms with van der Waals surface area (Å²) in [6.07, 6.45) is 2.42. The number of carbonyl (C=O) groups excluding carboxylic acids is 1. The molecule has 4 aromatic rings. The number of aryl methyl sites for hydroxylation is 1. The fourth-order valence-corrected chi connectivity index (χ4v) is 6.75. The first-order valence-electron chi connectivity index (χ1n) is 12.3. The molecule has 1 aliphatic rings. The monoisotopic (exact) mass is 613 g/mol. The van der Waals surface area contributed by atoms with Crippen molar-refractivity contribution in [3.05, 3.63) is 81.9 Å². The van der Waals surface area contributed by atoms with Crippen molar-refractivity contribution in [2.24, 2.45) is 0 Å². The van der Waals surface area contributed by atoms with Crippen LogP contribution in [-0.2, 0) is 10.0 Å². The lowest BCUT2D eigenvalue weighted by Crippen LogP contribution is -2.37. The van der Waals surface area contributed by atoms with E-state index in [1.807, 2.05) is 0 Å². The molecule has 1 saturated heterocycles. The quantitative estimate of drug-likeness (QED) is 0.175. The predicted molar refractivity (Wildman–Crippen MR) is 140 cm³/mol. The first-order chi connectivity index (χ1) is 19.4. The molecule has 0 spiro atoms. The summed E-state index contributed by atoms with van der Waals surface area (Å²) < 4.78 is 99.6. The minimum Gasteiger partial charge on any atom is -0.304 e. The van der Waals surface area contributed by atoms with Gasteiger partial charge in [-0.3, -0.25) is 15.1 Å². The van der Waals surface area contributed by atoms with Crippen molar-refractivity contribution in [2.75, 3.05) is 18.4 Å². The number of imidazole rings is 1. The molecule has 2 aromatic heterocycles. The first-order valence-corrected chi connectivity index (χ1v) is 14.2. The zero-order valence-corrected chi connectivity index (χ0v) is 22.8. The fourth-order valence-electron chi connectivity index (χ4n) is 4.87. The number of anilines is 1. The summed E-state index contributed by atoms with van der Waals surface area (Å²) in [4.78, 5) is 19.7. The minimum absolute atomic E-state index is 0.0213. The largest absolute Gasteiger partial charge is 0.304 e. The number of nitrogens with one attached hydrogen (secondary N) is 1. The molecule has 2 aromatic carbocycles. The van der Waals surface area contributed by atoms with Crippen molar-refractivity contribution in [2.45, 2.75) is 37.1 Å². The van der Waals surface area contributed by atoms with Crippen LogP contribution in [0.4, 0.5) is 27.9 Å². The number of benzene rings is 2. The normalized spacial score (nSPS) is 16.6. The number of sulfonamides is 1. The number of carbonyl (C=O) groups is 1. The van der Waals surface area contributed by atoms with E-state index in [0.717, 1.165) is 0 Å². The van der Waals surface area contributed by atoms with Crippen LogP contribution in [0.5, 0.6) is 0 Å². The molecule has 5 rings (SSSR count). The van der Waals surface area contributed by atoms with Crippen molar-refractivity contribution in [1.29, 1.82) is 0 Å². The molecule has 1 fully saturated rings. The van der Waals surface area contributed by atoms with Gasteiger partial charge in [0.25, 0.3) is 5.91 Å². The van der Waals surface area contributed by atoms with E-state index in [2.05, 4.69) is 15.3 Å². The molecule has 41 heavy (non-hydrogen) atoms. The van der Waals surface area contributed by atoms with Gasteiger partial charge in [-0.15, -0.1) is 0 Å². The van der Waals surface area contributed by atoms with Gasteiger partial charge in [-0.05, 0) is 44.0 Å². The average Bonchev–Trinajstić information content (AvgIpc) is 3.11. The van der Waals surface area contributed by atoms with Gasteiger partial charge in [0.2, 0.25) is 21.8 Å². The van der Waals surface area contributed by atoms with E-state index in [1.54, 1.807) is 31.2 Å². The van der Waals surface area contributed by atoms with Crippen LogP contribution in [0.15, 0.2) is 41.4 Å². The van der Waals surface area contributed by atoms with Crippen LogP contribution in [0.3, 0.4) is 0 Å². The fraction of sp³-hybridized carbons (Fsp3) is 0.269. The molecule has 1 amide bonds. The third-order valence-electron chi connectivity index (χ3n) is 6.79. The number of amides is 1. The van der Waals surface area contributed by atoms with Crippen molar-refractivity contribution in [3.8, 4) is 0 Å². The summed E-state index contributed by atoms with van der Waals surface area (Å²) in [6, 6.07) is 7.08. The molecule has 3 heterocycles. The Morgan fingerprint density at radius 1 is 1.02 bits per heavy atom. The van der Waals surface area contributed by atoms with Crippen LogP contribution < -0.4 is 5.32 Å². The van der Waals surface area contributed by atoms with E-state index in [4.69, 9.17) is 11.6 Å². The molecule has 1 atom stereocenters. The van der Waals surface area contributed by atoms with Crippen molar-refractivity contribution in [3.63, 3.8) is 0 Å². The Bertz CT molecular complexity index is 1770. The van der Waals surface area contributed by atoms with Gasteiger partial charge in [-0.2, -0.15) is 4.31 Å². The zero-order chi connectivity index (χ0) is 29.6. The molecule has 1 aliphatic heterocycles. The lowest BCUT2D eigenvalue weighted by Gasteiger charge is -2.27. The van der Waals surface area contributed by atoms with E-state index >= 15 is 0 Å². The van der Waals surface area contributed by atoms with Gasteiger partial charge >= 0.3 is 0 Å². The summed E-state index contributed by atoms with van der Waals surface area (Å²) in [5, 5.41) is 2.94. The molecule has 0 radical (unpaired) electrons. The number of rotatable bonds is 5. The zero-order valence-electron chi connectivity index (χ0n) is 21.3.